The van der Waals surface area contributed by atoms with Crippen LogP contribution in [0.15, 0.2) is 42.6 Å². The van der Waals surface area contributed by atoms with E-state index in [-0.39, 0.29) is 29.5 Å². The largest absolute Gasteiger partial charge is 0.507 e. The van der Waals surface area contributed by atoms with Gasteiger partial charge in [0.15, 0.2) is 5.78 Å². The molecule has 0 radical (unpaired) electrons. The summed E-state index contributed by atoms with van der Waals surface area (Å²) in [4.78, 5) is 16.4. The van der Waals surface area contributed by atoms with E-state index in [4.69, 9.17) is 4.74 Å². The molecule has 5 heteroatoms. The molecule has 0 unspecified atom stereocenters. The Morgan fingerprint density at radius 1 is 1.21 bits per heavy atom. The topological polar surface area (TPSA) is 82.6 Å². The number of aliphatic hydroxyl groups excluding tert-OH is 1. The maximum Gasteiger partial charge on any atom is 0.195 e. The maximum absolute atomic E-state index is 13.2. The predicted octanol–water partition coefficient (Wildman–Crippen LogP) is 4.52. The highest BCUT2D eigenvalue weighted by molar-refractivity contribution is 6.16. The summed E-state index contributed by atoms with van der Waals surface area (Å²) in [7, 11) is 0. The van der Waals surface area contributed by atoms with Gasteiger partial charge in [0, 0.05) is 45.6 Å². The first-order chi connectivity index (χ1) is 13.8. The fraction of sp³-hybridized carbons (Fsp3) is 0.375. The van der Waals surface area contributed by atoms with Crippen LogP contribution in [0.5, 0.6) is 11.5 Å². The van der Waals surface area contributed by atoms with E-state index >= 15 is 0 Å². The smallest absolute Gasteiger partial charge is 0.195 e. The van der Waals surface area contributed by atoms with Crippen molar-refractivity contribution in [1.82, 2.24) is 4.98 Å². The van der Waals surface area contributed by atoms with Crippen LogP contribution in [0.3, 0.4) is 0 Å². The van der Waals surface area contributed by atoms with Crippen molar-refractivity contribution in [3.05, 3.63) is 59.3 Å². The minimum atomic E-state index is -0.424. The number of nitrogens with one attached hydrogen (secondary N) is 1. The van der Waals surface area contributed by atoms with Gasteiger partial charge in [0.05, 0.1) is 6.10 Å². The van der Waals surface area contributed by atoms with E-state index in [1.807, 2.05) is 24.3 Å². The number of para-hydroxylation sites is 1. The number of ketones is 1. The molecule has 1 aliphatic heterocycles. The molecule has 150 valence electrons. The summed E-state index contributed by atoms with van der Waals surface area (Å²) in [5.41, 5.74) is 2.17. The summed E-state index contributed by atoms with van der Waals surface area (Å²) in [6.45, 7) is 4.10. The monoisotopic (exact) mass is 391 g/mol. The molecular weight excluding hydrogens is 366 g/mol. The molecule has 1 aliphatic carbocycles. The Morgan fingerprint density at radius 2 is 2.00 bits per heavy atom. The van der Waals surface area contributed by atoms with E-state index in [0.29, 0.717) is 23.3 Å². The van der Waals surface area contributed by atoms with Crippen molar-refractivity contribution < 1.29 is 19.7 Å². The van der Waals surface area contributed by atoms with Crippen molar-refractivity contribution in [1.29, 1.82) is 0 Å². The van der Waals surface area contributed by atoms with E-state index in [2.05, 4.69) is 18.8 Å². The Bertz CT molecular complexity index is 1110. The van der Waals surface area contributed by atoms with Gasteiger partial charge >= 0.3 is 0 Å². The number of aromatic hydroxyl groups is 1. The molecule has 5 nitrogen and oxygen atoms in total. The molecule has 1 saturated carbocycles. The van der Waals surface area contributed by atoms with Gasteiger partial charge in [-0.3, -0.25) is 4.79 Å². The number of fused-ring (bicyclic) bond motifs is 4. The van der Waals surface area contributed by atoms with Crippen LogP contribution in [0.25, 0.3) is 10.9 Å². The van der Waals surface area contributed by atoms with Gasteiger partial charge in [-0.15, -0.1) is 0 Å². The highest BCUT2D eigenvalue weighted by atomic mass is 16.5. The Kier molecular flexibility index (Phi) is 4.00. The lowest BCUT2D eigenvalue weighted by atomic mass is 9.66. The van der Waals surface area contributed by atoms with Crippen LogP contribution in [-0.2, 0) is 0 Å². The van der Waals surface area contributed by atoms with Crippen molar-refractivity contribution in [3.63, 3.8) is 0 Å². The van der Waals surface area contributed by atoms with Crippen molar-refractivity contribution in [2.75, 3.05) is 0 Å². The Morgan fingerprint density at radius 3 is 2.83 bits per heavy atom. The number of hydrogen-bond donors (Lipinski definition) is 3. The summed E-state index contributed by atoms with van der Waals surface area (Å²) in [5, 5.41) is 21.9. The fourth-order valence-corrected chi connectivity index (χ4v) is 5.27. The van der Waals surface area contributed by atoms with Crippen molar-refractivity contribution >= 4 is 16.7 Å². The fourth-order valence-electron chi connectivity index (χ4n) is 5.27. The van der Waals surface area contributed by atoms with Gasteiger partial charge in [-0.1, -0.05) is 18.2 Å². The van der Waals surface area contributed by atoms with Gasteiger partial charge < -0.3 is 19.9 Å². The molecule has 3 N–H and O–H groups in total. The number of aromatic amines is 1. The summed E-state index contributed by atoms with van der Waals surface area (Å²) in [6.07, 6.45) is 3.55. The third-order valence-electron chi connectivity index (χ3n) is 6.68. The number of phenols is 1. The molecule has 0 amide bonds. The number of ether oxygens (including phenoxy) is 1. The molecule has 2 aromatic carbocycles. The summed E-state index contributed by atoms with van der Waals surface area (Å²) in [5.74, 6) is 0.709. The first kappa shape index (κ1) is 18.3. The first-order valence-corrected chi connectivity index (χ1v) is 10.2. The van der Waals surface area contributed by atoms with E-state index in [1.54, 1.807) is 18.3 Å². The molecule has 2 heterocycles. The van der Waals surface area contributed by atoms with Gasteiger partial charge in [-0.25, -0.2) is 0 Å². The molecule has 1 fully saturated rings. The van der Waals surface area contributed by atoms with Crippen LogP contribution in [0.1, 0.15) is 60.5 Å². The third-order valence-corrected chi connectivity index (χ3v) is 6.68. The van der Waals surface area contributed by atoms with E-state index < -0.39 is 5.60 Å². The Balaban J connectivity index is 1.60. The van der Waals surface area contributed by atoms with Gasteiger partial charge in [0.1, 0.15) is 17.1 Å². The number of carbonyl (C=O) groups is 1. The van der Waals surface area contributed by atoms with Gasteiger partial charge in [-0.05, 0) is 51.3 Å². The zero-order valence-electron chi connectivity index (χ0n) is 16.6. The van der Waals surface area contributed by atoms with Crippen LogP contribution >= 0.6 is 0 Å². The molecule has 1 aromatic heterocycles. The molecule has 0 bridgehead atoms. The number of aromatic nitrogens is 1. The van der Waals surface area contributed by atoms with Crippen molar-refractivity contribution in [3.8, 4) is 11.5 Å². The number of phenolic OH excluding ortho intramolecular Hbond substituents is 1. The highest BCUT2D eigenvalue weighted by Crippen LogP contribution is 2.54. The van der Waals surface area contributed by atoms with Gasteiger partial charge in [0.2, 0.25) is 0 Å². The van der Waals surface area contributed by atoms with Crippen LogP contribution in [0, 0.1) is 5.92 Å². The summed E-state index contributed by atoms with van der Waals surface area (Å²) < 4.78 is 6.30. The van der Waals surface area contributed by atoms with Crippen LogP contribution < -0.4 is 4.74 Å². The maximum atomic E-state index is 13.2. The molecule has 2 aliphatic rings. The number of rotatable bonds is 2. The zero-order chi connectivity index (χ0) is 20.3. The summed E-state index contributed by atoms with van der Waals surface area (Å²) >= 11 is 0. The molecule has 29 heavy (non-hydrogen) atoms. The predicted molar refractivity (Wildman–Crippen MR) is 111 cm³/mol. The first-order valence-electron chi connectivity index (χ1n) is 10.2. The highest BCUT2D eigenvalue weighted by Gasteiger charge is 2.47. The van der Waals surface area contributed by atoms with Gasteiger partial charge in [-0.2, -0.15) is 0 Å². The second-order valence-electron chi connectivity index (χ2n) is 8.87. The van der Waals surface area contributed by atoms with Crippen LogP contribution in [0.2, 0.25) is 0 Å². The molecule has 5 rings (SSSR count). The van der Waals surface area contributed by atoms with Crippen LogP contribution in [0.4, 0.5) is 0 Å². The molecule has 0 saturated heterocycles. The lowest BCUT2D eigenvalue weighted by molar-refractivity contribution is -0.0317. The minimum absolute atomic E-state index is 0.0229. The Hall–Kier alpha value is -2.79. The third kappa shape index (κ3) is 2.84. The molecule has 3 aromatic rings. The number of H-pyrrole nitrogens is 1. The normalized spacial score (nSPS) is 25.1. The second kappa shape index (κ2) is 6.36. The SMILES string of the molecule is CC1(C)Oc2cc(C(=O)c3c[nH]c4ccccc34)cc(O)c2[C@@H]2C[C@H](O)CC[C@H]21. The van der Waals surface area contributed by atoms with Crippen molar-refractivity contribution in [2.45, 2.75) is 50.7 Å². The average molecular weight is 391 g/mol. The molecule has 0 spiro atoms. The molecular formula is C24H25NO4. The minimum Gasteiger partial charge on any atom is -0.507 e. The number of hydrogen-bond acceptors (Lipinski definition) is 4. The quantitative estimate of drug-likeness (QED) is 0.561. The zero-order valence-corrected chi connectivity index (χ0v) is 16.6. The van der Waals surface area contributed by atoms with Gasteiger partial charge in [0.25, 0.3) is 0 Å². The second-order valence-corrected chi connectivity index (χ2v) is 8.87. The average Bonchev–Trinajstić information content (AvgIpc) is 3.10. The summed E-state index contributed by atoms with van der Waals surface area (Å²) in [6, 6.07) is 10.9. The number of aliphatic hydroxyl groups is 1. The van der Waals surface area contributed by atoms with E-state index in [9.17, 15) is 15.0 Å². The lowest BCUT2D eigenvalue weighted by Gasteiger charge is -2.48. The number of carbonyl (C=O) groups excluding carboxylic acids is 1. The Labute approximate surface area is 169 Å². The standard InChI is InChI=1S/C24H25NO4/c1-24(2)18-8-7-14(26)11-16(18)22-20(27)9-13(10-21(22)29-24)23(28)17-12-25-19-6-4-3-5-15(17)19/h3-6,9-10,12,14,16,18,25-27H,7-8,11H2,1-2H3/t14-,16-,18-/m1/s1. The lowest BCUT2D eigenvalue weighted by Crippen LogP contribution is -2.47. The number of benzene rings is 2. The van der Waals surface area contributed by atoms with E-state index in [1.165, 1.54) is 0 Å². The molecule has 3 atom stereocenters. The van der Waals surface area contributed by atoms with E-state index in [0.717, 1.165) is 29.3 Å². The van der Waals surface area contributed by atoms with Crippen LogP contribution in [-0.4, -0.2) is 32.7 Å². The van der Waals surface area contributed by atoms with Crippen molar-refractivity contribution in [2.24, 2.45) is 5.92 Å².